The molecule has 110 valence electrons. The molecule has 1 atom stereocenters. The minimum absolute atomic E-state index is 0.0447. The molecule has 1 unspecified atom stereocenters. The third-order valence-corrected chi connectivity index (χ3v) is 3.15. The number of carbonyl (C=O) groups is 1. The number of amides is 1. The predicted octanol–water partition coefficient (Wildman–Crippen LogP) is 1.17. The van der Waals surface area contributed by atoms with Gasteiger partial charge in [0, 0.05) is 24.2 Å². The molecule has 6 heteroatoms. The summed E-state index contributed by atoms with van der Waals surface area (Å²) in [5, 5.41) is 2.84. The summed E-state index contributed by atoms with van der Waals surface area (Å²) in [7, 11) is 0. The Labute approximate surface area is 118 Å². The van der Waals surface area contributed by atoms with Crippen molar-refractivity contribution >= 4 is 5.91 Å². The van der Waals surface area contributed by atoms with Gasteiger partial charge in [-0.25, -0.2) is 0 Å². The molecule has 2 rings (SSSR count). The van der Waals surface area contributed by atoms with Crippen LogP contribution < -0.4 is 25.3 Å². The number of hydrogen-bond acceptors (Lipinski definition) is 5. The fourth-order valence-electron chi connectivity index (χ4n) is 1.82. The molecule has 0 saturated heterocycles. The molecule has 6 nitrogen and oxygen atoms in total. The van der Waals surface area contributed by atoms with Crippen LogP contribution in [-0.2, 0) is 11.3 Å². The second kappa shape index (κ2) is 6.47. The van der Waals surface area contributed by atoms with Gasteiger partial charge in [-0.05, 0) is 19.4 Å². The maximum Gasteiger partial charge on any atom is 0.258 e. The smallest absolute Gasteiger partial charge is 0.258 e. The second-order valence-electron chi connectivity index (χ2n) is 4.68. The molecule has 0 fully saturated rings. The average molecular weight is 280 g/mol. The van der Waals surface area contributed by atoms with E-state index in [1.165, 1.54) is 0 Å². The van der Waals surface area contributed by atoms with E-state index in [0.717, 1.165) is 12.0 Å². The van der Waals surface area contributed by atoms with Crippen molar-refractivity contribution in [3.63, 3.8) is 0 Å². The molecule has 0 spiro atoms. The topological polar surface area (TPSA) is 82.8 Å². The standard InChI is InChI=1S/C14H20N2O4/c1-3-9(2)16-14(17)7-18-11-5-13-12(19-8-20-13)4-10(11)6-15/h4-5,9H,3,6-8,15H2,1-2H3,(H,16,17). The van der Waals surface area contributed by atoms with Gasteiger partial charge in [0.05, 0.1) is 0 Å². The molecule has 1 aliphatic rings. The monoisotopic (exact) mass is 280 g/mol. The number of nitrogens with one attached hydrogen (secondary N) is 1. The predicted molar refractivity (Wildman–Crippen MR) is 73.8 cm³/mol. The van der Waals surface area contributed by atoms with E-state index in [9.17, 15) is 4.79 Å². The molecule has 0 bridgehead atoms. The van der Waals surface area contributed by atoms with Gasteiger partial charge >= 0.3 is 0 Å². The highest BCUT2D eigenvalue weighted by Gasteiger charge is 2.18. The Kier molecular flexibility index (Phi) is 4.68. The Hall–Kier alpha value is -1.95. The van der Waals surface area contributed by atoms with Crippen LogP contribution in [0.3, 0.4) is 0 Å². The van der Waals surface area contributed by atoms with Crippen LogP contribution in [0.15, 0.2) is 12.1 Å². The van der Waals surface area contributed by atoms with Crippen molar-refractivity contribution in [3.05, 3.63) is 17.7 Å². The van der Waals surface area contributed by atoms with E-state index in [4.69, 9.17) is 19.9 Å². The number of carbonyl (C=O) groups excluding carboxylic acids is 1. The van der Waals surface area contributed by atoms with Gasteiger partial charge in [0.25, 0.3) is 5.91 Å². The first-order valence-electron chi connectivity index (χ1n) is 6.68. The molecular formula is C14H20N2O4. The van der Waals surface area contributed by atoms with Gasteiger partial charge in [0.1, 0.15) is 5.75 Å². The Balaban J connectivity index is 2.00. The second-order valence-corrected chi connectivity index (χ2v) is 4.68. The van der Waals surface area contributed by atoms with E-state index < -0.39 is 0 Å². The highest BCUT2D eigenvalue weighted by atomic mass is 16.7. The summed E-state index contributed by atoms with van der Waals surface area (Å²) in [6.07, 6.45) is 0.879. The summed E-state index contributed by atoms with van der Waals surface area (Å²) in [4.78, 5) is 11.7. The van der Waals surface area contributed by atoms with E-state index in [-0.39, 0.29) is 25.3 Å². The molecule has 1 aromatic rings. The van der Waals surface area contributed by atoms with Gasteiger partial charge in [-0.1, -0.05) is 6.92 Å². The number of nitrogens with two attached hydrogens (primary N) is 1. The molecule has 0 saturated carbocycles. The molecule has 0 aromatic heterocycles. The SMILES string of the molecule is CCC(C)NC(=O)COc1cc2c(cc1CN)OCO2. The maximum absolute atomic E-state index is 11.7. The van der Waals surface area contributed by atoms with Crippen LogP contribution in [0, 0.1) is 0 Å². The first-order chi connectivity index (χ1) is 9.63. The number of ether oxygens (including phenoxy) is 3. The van der Waals surface area contributed by atoms with Crippen molar-refractivity contribution < 1.29 is 19.0 Å². The van der Waals surface area contributed by atoms with Crippen LogP contribution in [0.5, 0.6) is 17.2 Å². The lowest BCUT2D eigenvalue weighted by atomic mass is 10.2. The molecular weight excluding hydrogens is 260 g/mol. The number of rotatable bonds is 6. The molecule has 1 aliphatic heterocycles. The Morgan fingerprint density at radius 3 is 2.80 bits per heavy atom. The minimum Gasteiger partial charge on any atom is -0.483 e. The van der Waals surface area contributed by atoms with Crippen molar-refractivity contribution in [1.29, 1.82) is 0 Å². The average Bonchev–Trinajstić information content (AvgIpc) is 2.90. The lowest BCUT2D eigenvalue weighted by Crippen LogP contribution is -2.35. The third-order valence-electron chi connectivity index (χ3n) is 3.15. The number of fused-ring (bicyclic) bond motifs is 1. The molecule has 1 amide bonds. The first-order valence-corrected chi connectivity index (χ1v) is 6.68. The fourth-order valence-corrected chi connectivity index (χ4v) is 1.82. The van der Waals surface area contributed by atoms with Gasteiger partial charge in [-0.15, -0.1) is 0 Å². The Morgan fingerprint density at radius 2 is 2.15 bits per heavy atom. The molecule has 3 N–H and O–H groups in total. The number of hydrogen-bond donors (Lipinski definition) is 2. The molecule has 20 heavy (non-hydrogen) atoms. The quantitative estimate of drug-likeness (QED) is 0.817. The lowest BCUT2D eigenvalue weighted by Gasteiger charge is -2.14. The summed E-state index contributed by atoms with van der Waals surface area (Å²) >= 11 is 0. The van der Waals surface area contributed by atoms with Crippen LogP contribution in [0.25, 0.3) is 0 Å². The van der Waals surface area contributed by atoms with Gasteiger partial charge in [0.2, 0.25) is 6.79 Å². The third kappa shape index (κ3) is 3.33. The van der Waals surface area contributed by atoms with Crippen LogP contribution in [0.4, 0.5) is 0 Å². The van der Waals surface area contributed by atoms with E-state index in [2.05, 4.69) is 5.32 Å². The van der Waals surface area contributed by atoms with E-state index in [1.807, 2.05) is 13.8 Å². The molecule has 1 heterocycles. The molecule has 1 aromatic carbocycles. The van der Waals surface area contributed by atoms with Crippen molar-refractivity contribution in [2.75, 3.05) is 13.4 Å². The van der Waals surface area contributed by atoms with Crippen LogP contribution >= 0.6 is 0 Å². The summed E-state index contributed by atoms with van der Waals surface area (Å²) in [5.74, 6) is 1.66. The van der Waals surface area contributed by atoms with Crippen molar-refractivity contribution in [2.45, 2.75) is 32.9 Å². The highest BCUT2D eigenvalue weighted by molar-refractivity contribution is 5.77. The van der Waals surface area contributed by atoms with Crippen molar-refractivity contribution in [1.82, 2.24) is 5.32 Å². The maximum atomic E-state index is 11.7. The molecule has 0 aliphatic carbocycles. The lowest BCUT2D eigenvalue weighted by molar-refractivity contribution is -0.123. The van der Waals surface area contributed by atoms with Gasteiger partial charge in [-0.3, -0.25) is 4.79 Å². The van der Waals surface area contributed by atoms with Crippen molar-refractivity contribution in [3.8, 4) is 17.2 Å². The van der Waals surface area contributed by atoms with Crippen LogP contribution in [-0.4, -0.2) is 25.3 Å². The Morgan fingerprint density at radius 1 is 1.45 bits per heavy atom. The van der Waals surface area contributed by atoms with Gasteiger partial charge in [-0.2, -0.15) is 0 Å². The fraction of sp³-hybridized carbons (Fsp3) is 0.500. The van der Waals surface area contributed by atoms with Gasteiger partial charge < -0.3 is 25.3 Å². The van der Waals surface area contributed by atoms with Crippen LogP contribution in [0.2, 0.25) is 0 Å². The Bertz CT molecular complexity index is 490. The zero-order valence-electron chi connectivity index (χ0n) is 11.8. The van der Waals surface area contributed by atoms with E-state index in [1.54, 1.807) is 12.1 Å². The van der Waals surface area contributed by atoms with Crippen LogP contribution in [0.1, 0.15) is 25.8 Å². The summed E-state index contributed by atoms with van der Waals surface area (Å²) in [6.45, 7) is 4.41. The zero-order valence-corrected chi connectivity index (χ0v) is 11.8. The molecule has 0 radical (unpaired) electrons. The summed E-state index contributed by atoms with van der Waals surface area (Å²) in [5.41, 5.74) is 6.46. The van der Waals surface area contributed by atoms with E-state index in [0.29, 0.717) is 23.8 Å². The zero-order chi connectivity index (χ0) is 14.5. The first kappa shape index (κ1) is 14.5. The van der Waals surface area contributed by atoms with E-state index >= 15 is 0 Å². The minimum atomic E-state index is -0.153. The van der Waals surface area contributed by atoms with Gasteiger partial charge in [0.15, 0.2) is 18.1 Å². The van der Waals surface area contributed by atoms with Crippen molar-refractivity contribution in [2.24, 2.45) is 5.73 Å². The summed E-state index contributed by atoms with van der Waals surface area (Å²) in [6, 6.07) is 3.63. The largest absolute Gasteiger partial charge is 0.483 e. The highest BCUT2D eigenvalue weighted by Crippen LogP contribution is 2.37. The normalized spacial score (nSPS) is 13.9. The summed E-state index contributed by atoms with van der Waals surface area (Å²) < 4.78 is 16.1. The number of benzene rings is 1.